The molecule has 0 bridgehead atoms. The number of carbonyl (C=O) groups excluding carboxylic acids is 1. The van der Waals surface area contributed by atoms with E-state index >= 15 is 0 Å². The van der Waals surface area contributed by atoms with Crippen molar-refractivity contribution in [1.82, 2.24) is 20.4 Å². The number of benzene rings is 1. The Hall–Kier alpha value is -1.95. The zero-order chi connectivity index (χ0) is 22.2. The van der Waals surface area contributed by atoms with Crippen LogP contribution in [-0.2, 0) is 11.3 Å². The molecule has 1 saturated heterocycles. The van der Waals surface area contributed by atoms with Crippen LogP contribution >= 0.6 is 24.0 Å². The first kappa shape index (κ1) is 26.3. The molecular weight excluding hydrogens is 525 g/mol. The van der Waals surface area contributed by atoms with Crippen molar-refractivity contribution in [2.45, 2.75) is 32.4 Å². The minimum Gasteiger partial charge on any atom is -0.493 e. The first-order valence-electron chi connectivity index (χ1n) is 10.9. The highest BCUT2D eigenvalue weighted by Gasteiger charge is 2.24. The van der Waals surface area contributed by atoms with Crippen molar-refractivity contribution in [3.63, 3.8) is 0 Å². The lowest BCUT2D eigenvalue weighted by atomic mass is 10.1. The Morgan fingerprint density at radius 3 is 2.19 bits per heavy atom. The molecule has 3 rings (SSSR count). The molecule has 1 saturated carbocycles. The van der Waals surface area contributed by atoms with E-state index in [-0.39, 0.29) is 36.4 Å². The predicted octanol–water partition coefficient (Wildman–Crippen LogP) is 1.69. The third-order valence-electron chi connectivity index (χ3n) is 5.45. The highest BCUT2D eigenvalue weighted by Crippen LogP contribution is 2.38. The Kier molecular flexibility index (Phi) is 10.6. The number of amides is 1. The van der Waals surface area contributed by atoms with Crippen LogP contribution in [0.15, 0.2) is 17.1 Å². The van der Waals surface area contributed by atoms with Crippen LogP contribution in [0.5, 0.6) is 17.2 Å². The van der Waals surface area contributed by atoms with Crippen molar-refractivity contribution in [2.75, 3.05) is 60.6 Å². The third-order valence-corrected chi connectivity index (χ3v) is 5.45. The Balaban J connectivity index is 0.00000363. The molecule has 2 aliphatic rings. The monoisotopic (exact) mass is 561 g/mol. The van der Waals surface area contributed by atoms with E-state index in [4.69, 9.17) is 14.2 Å². The number of rotatable bonds is 9. The Labute approximate surface area is 207 Å². The van der Waals surface area contributed by atoms with Gasteiger partial charge in [-0.1, -0.05) is 0 Å². The van der Waals surface area contributed by atoms with Gasteiger partial charge in [-0.3, -0.25) is 9.69 Å². The molecule has 9 nitrogen and oxygen atoms in total. The molecule has 1 aromatic carbocycles. The zero-order valence-electron chi connectivity index (χ0n) is 19.5. The van der Waals surface area contributed by atoms with Gasteiger partial charge in [0.1, 0.15) is 6.54 Å². The van der Waals surface area contributed by atoms with Gasteiger partial charge in [0, 0.05) is 45.3 Å². The maximum Gasteiger partial charge on any atom is 0.242 e. The van der Waals surface area contributed by atoms with Crippen LogP contribution in [0.4, 0.5) is 0 Å². The summed E-state index contributed by atoms with van der Waals surface area (Å²) in [5.74, 6) is 2.75. The van der Waals surface area contributed by atoms with E-state index in [1.165, 1.54) is 0 Å². The van der Waals surface area contributed by atoms with Crippen LogP contribution in [-0.4, -0.2) is 88.3 Å². The van der Waals surface area contributed by atoms with E-state index in [0.29, 0.717) is 23.3 Å². The standard InChI is InChI=1S/C22H35N5O4.HI/c1-5-23-22(24-14-20(28)25-17-6-7-17)27-10-8-26(9-11-27)15-16-12-18(29-2)21(31-4)19(13-16)30-3;/h12-13,17H,5-11,14-15H2,1-4H3,(H,23,24)(H,25,28);1H. The second-order valence-corrected chi connectivity index (χ2v) is 7.81. The highest BCUT2D eigenvalue weighted by molar-refractivity contribution is 14.0. The molecule has 1 amide bonds. The fraction of sp³-hybridized carbons (Fsp3) is 0.636. The van der Waals surface area contributed by atoms with E-state index < -0.39 is 0 Å². The van der Waals surface area contributed by atoms with E-state index in [1.807, 2.05) is 19.1 Å². The number of methoxy groups -OCH3 is 3. The van der Waals surface area contributed by atoms with Gasteiger partial charge in [-0.2, -0.15) is 0 Å². The normalized spacial score (nSPS) is 16.8. The first-order valence-corrected chi connectivity index (χ1v) is 10.9. The summed E-state index contributed by atoms with van der Waals surface area (Å²) >= 11 is 0. The van der Waals surface area contributed by atoms with Crippen LogP contribution in [0.3, 0.4) is 0 Å². The Bertz CT molecular complexity index is 755. The van der Waals surface area contributed by atoms with Gasteiger partial charge in [-0.05, 0) is 37.5 Å². The molecule has 1 aromatic rings. The van der Waals surface area contributed by atoms with Crippen molar-refractivity contribution in [3.05, 3.63) is 17.7 Å². The van der Waals surface area contributed by atoms with Crippen LogP contribution < -0.4 is 24.8 Å². The largest absolute Gasteiger partial charge is 0.493 e. The number of halogens is 1. The molecule has 10 heteroatoms. The van der Waals surface area contributed by atoms with E-state index in [9.17, 15) is 4.79 Å². The number of aliphatic imine (C=N–C) groups is 1. The predicted molar refractivity (Wildman–Crippen MR) is 136 cm³/mol. The molecule has 32 heavy (non-hydrogen) atoms. The molecule has 180 valence electrons. The number of ether oxygens (including phenoxy) is 3. The SMILES string of the molecule is CCNC(=NCC(=O)NC1CC1)N1CCN(Cc2cc(OC)c(OC)c(OC)c2)CC1.I. The summed E-state index contributed by atoms with van der Waals surface area (Å²) in [7, 11) is 4.87. The number of piperazine rings is 1. The molecule has 2 N–H and O–H groups in total. The molecule has 1 aliphatic carbocycles. The Morgan fingerprint density at radius 2 is 1.69 bits per heavy atom. The molecule has 0 atom stereocenters. The number of guanidine groups is 1. The fourth-order valence-electron chi connectivity index (χ4n) is 3.68. The van der Waals surface area contributed by atoms with Crippen molar-refractivity contribution in [1.29, 1.82) is 0 Å². The van der Waals surface area contributed by atoms with Gasteiger partial charge >= 0.3 is 0 Å². The number of nitrogens with zero attached hydrogens (tertiary/aromatic N) is 3. The van der Waals surface area contributed by atoms with Gasteiger partial charge in [0.25, 0.3) is 0 Å². The lowest BCUT2D eigenvalue weighted by molar-refractivity contribution is -0.119. The lowest BCUT2D eigenvalue weighted by Gasteiger charge is -2.36. The first-order chi connectivity index (χ1) is 15.1. The van der Waals surface area contributed by atoms with E-state index in [2.05, 4.69) is 25.4 Å². The van der Waals surface area contributed by atoms with Crippen molar-refractivity contribution < 1.29 is 19.0 Å². The van der Waals surface area contributed by atoms with Gasteiger partial charge in [-0.25, -0.2) is 4.99 Å². The number of nitrogens with one attached hydrogen (secondary N) is 2. The van der Waals surface area contributed by atoms with Crippen LogP contribution in [0, 0.1) is 0 Å². The Morgan fingerprint density at radius 1 is 1.06 bits per heavy atom. The molecule has 0 spiro atoms. The third kappa shape index (κ3) is 7.29. The molecule has 1 aliphatic heterocycles. The topological polar surface area (TPSA) is 87.7 Å². The van der Waals surface area contributed by atoms with E-state index in [1.54, 1.807) is 21.3 Å². The summed E-state index contributed by atoms with van der Waals surface area (Å²) < 4.78 is 16.4. The average Bonchev–Trinajstić information content (AvgIpc) is 3.60. The van der Waals surface area contributed by atoms with Gasteiger partial charge in [-0.15, -0.1) is 24.0 Å². The highest BCUT2D eigenvalue weighted by atomic mass is 127. The zero-order valence-corrected chi connectivity index (χ0v) is 21.8. The maximum atomic E-state index is 12.0. The van der Waals surface area contributed by atoms with Crippen molar-refractivity contribution >= 4 is 35.8 Å². The number of hydrogen-bond donors (Lipinski definition) is 2. The molecule has 0 radical (unpaired) electrons. The summed E-state index contributed by atoms with van der Waals surface area (Å²) in [6.45, 7) is 7.27. The van der Waals surface area contributed by atoms with Gasteiger partial charge < -0.3 is 29.7 Å². The fourth-order valence-corrected chi connectivity index (χ4v) is 3.68. The number of hydrogen-bond acceptors (Lipinski definition) is 6. The van der Waals surface area contributed by atoms with Crippen molar-refractivity contribution in [2.24, 2.45) is 4.99 Å². The van der Waals surface area contributed by atoms with Crippen LogP contribution in [0.1, 0.15) is 25.3 Å². The summed E-state index contributed by atoms with van der Waals surface area (Å²) in [4.78, 5) is 21.1. The summed E-state index contributed by atoms with van der Waals surface area (Å²) in [5, 5.41) is 6.30. The van der Waals surface area contributed by atoms with Gasteiger partial charge in [0.15, 0.2) is 17.5 Å². The summed E-state index contributed by atoms with van der Waals surface area (Å²) in [6, 6.07) is 4.36. The molecule has 0 unspecified atom stereocenters. The number of carbonyl (C=O) groups is 1. The quantitative estimate of drug-likeness (QED) is 0.270. The van der Waals surface area contributed by atoms with Crippen LogP contribution in [0.25, 0.3) is 0 Å². The van der Waals surface area contributed by atoms with Crippen molar-refractivity contribution in [3.8, 4) is 17.2 Å². The summed E-state index contributed by atoms with van der Waals surface area (Å²) in [6.07, 6.45) is 2.17. The van der Waals surface area contributed by atoms with E-state index in [0.717, 1.165) is 63.6 Å². The van der Waals surface area contributed by atoms with Gasteiger partial charge in [0.05, 0.1) is 21.3 Å². The minimum absolute atomic E-state index is 0. The lowest BCUT2D eigenvalue weighted by Crippen LogP contribution is -2.52. The minimum atomic E-state index is -0.000982. The molecular formula is C22H36IN5O4. The summed E-state index contributed by atoms with van der Waals surface area (Å²) in [5.41, 5.74) is 1.11. The van der Waals surface area contributed by atoms with Crippen LogP contribution in [0.2, 0.25) is 0 Å². The van der Waals surface area contributed by atoms with Gasteiger partial charge in [0.2, 0.25) is 11.7 Å². The average molecular weight is 561 g/mol. The second kappa shape index (κ2) is 12.9. The smallest absolute Gasteiger partial charge is 0.242 e. The molecule has 1 heterocycles. The maximum absolute atomic E-state index is 12.0. The second-order valence-electron chi connectivity index (χ2n) is 7.81. The molecule has 2 fully saturated rings. The molecule has 0 aromatic heterocycles.